The molecule has 0 radical (unpaired) electrons. The molecule has 1 unspecified atom stereocenters. The molecule has 1 fully saturated rings. The van der Waals surface area contributed by atoms with Gasteiger partial charge in [-0.25, -0.2) is 0 Å². The quantitative estimate of drug-likeness (QED) is 0.729. The van der Waals surface area contributed by atoms with Gasteiger partial charge < -0.3 is 4.74 Å². The van der Waals surface area contributed by atoms with Gasteiger partial charge in [-0.15, -0.1) is 0 Å². The van der Waals surface area contributed by atoms with Gasteiger partial charge in [0.15, 0.2) is 0 Å². The fourth-order valence-corrected chi connectivity index (χ4v) is 2.07. The first-order chi connectivity index (χ1) is 7.84. The van der Waals surface area contributed by atoms with E-state index >= 15 is 0 Å². The van der Waals surface area contributed by atoms with Crippen molar-refractivity contribution in [3.8, 4) is 0 Å². The second-order valence-electron chi connectivity index (χ2n) is 4.39. The number of benzene rings is 1. The zero-order valence-electron chi connectivity index (χ0n) is 9.52. The molecule has 1 aromatic rings. The smallest absolute Gasteiger partial charge is 0.133 e. The lowest BCUT2D eigenvalue weighted by Gasteiger charge is -2.14. The Hall–Kier alpha value is -1.15. The summed E-state index contributed by atoms with van der Waals surface area (Å²) in [5.41, 5.74) is 1.21. The number of carbonyl (C=O) groups is 1. The van der Waals surface area contributed by atoms with Gasteiger partial charge in [0.25, 0.3) is 0 Å². The van der Waals surface area contributed by atoms with E-state index in [1.54, 1.807) is 0 Å². The number of carbonyl (C=O) groups excluding carboxylic acids is 1. The van der Waals surface area contributed by atoms with E-state index in [0.717, 1.165) is 25.7 Å². The van der Waals surface area contributed by atoms with Gasteiger partial charge in [0, 0.05) is 12.8 Å². The van der Waals surface area contributed by atoms with Crippen LogP contribution in [0.1, 0.15) is 37.7 Å². The summed E-state index contributed by atoms with van der Waals surface area (Å²) in [5.74, 6) is 0.394. The summed E-state index contributed by atoms with van der Waals surface area (Å²) in [4.78, 5) is 11.2. The van der Waals surface area contributed by atoms with Crippen molar-refractivity contribution in [1.29, 1.82) is 0 Å². The molecule has 1 aromatic carbocycles. The van der Waals surface area contributed by atoms with Crippen molar-refractivity contribution in [3.63, 3.8) is 0 Å². The summed E-state index contributed by atoms with van der Waals surface area (Å²) in [6.45, 7) is 0.666. The van der Waals surface area contributed by atoms with Crippen molar-refractivity contribution in [2.75, 3.05) is 0 Å². The third kappa shape index (κ3) is 3.46. The van der Waals surface area contributed by atoms with Crippen LogP contribution in [0.2, 0.25) is 0 Å². The zero-order valence-corrected chi connectivity index (χ0v) is 9.52. The highest BCUT2D eigenvalue weighted by Gasteiger charge is 2.16. The van der Waals surface area contributed by atoms with Crippen LogP contribution in [0.25, 0.3) is 0 Å². The van der Waals surface area contributed by atoms with E-state index in [2.05, 4.69) is 12.1 Å². The average molecular weight is 218 g/mol. The Kier molecular flexibility index (Phi) is 4.11. The molecule has 0 bridgehead atoms. The summed E-state index contributed by atoms with van der Waals surface area (Å²) in [6.07, 6.45) is 4.61. The number of rotatable bonds is 3. The lowest BCUT2D eigenvalue weighted by atomic mass is 10.1. The molecule has 0 N–H and O–H groups in total. The Bertz CT molecular complexity index is 332. The second-order valence-corrected chi connectivity index (χ2v) is 4.39. The van der Waals surface area contributed by atoms with Gasteiger partial charge in [-0.2, -0.15) is 0 Å². The third-order valence-electron chi connectivity index (χ3n) is 3.06. The van der Waals surface area contributed by atoms with Crippen LogP contribution in [0.3, 0.4) is 0 Å². The Balaban J connectivity index is 1.79. The highest BCUT2D eigenvalue weighted by Crippen LogP contribution is 2.19. The molecule has 0 saturated heterocycles. The zero-order chi connectivity index (χ0) is 11.2. The lowest BCUT2D eigenvalue weighted by molar-refractivity contribution is -0.119. The minimum atomic E-state index is 0.270. The maximum Gasteiger partial charge on any atom is 0.133 e. The highest BCUT2D eigenvalue weighted by molar-refractivity contribution is 5.78. The summed E-state index contributed by atoms with van der Waals surface area (Å²) in [6, 6.07) is 10.2. The highest BCUT2D eigenvalue weighted by atomic mass is 16.5. The summed E-state index contributed by atoms with van der Waals surface area (Å²) < 4.78 is 5.85. The van der Waals surface area contributed by atoms with E-state index in [1.165, 1.54) is 5.56 Å². The first-order valence-corrected chi connectivity index (χ1v) is 6.02. The molecule has 0 aliphatic heterocycles. The Morgan fingerprint density at radius 2 is 1.94 bits per heavy atom. The van der Waals surface area contributed by atoms with Crippen molar-refractivity contribution in [2.24, 2.45) is 0 Å². The molecule has 2 rings (SSSR count). The van der Waals surface area contributed by atoms with Crippen molar-refractivity contribution >= 4 is 5.78 Å². The third-order valence-corrected chi connectivity index (χ3v) is 3.06. The van der Waals surface area contributed by atoms with E-state index in [-0.39, 0.29) is 6.10 Å². The van der Waals surface area contributed by atoms with Gasteiger partial charge in [-0.3, -0.25) is 4.79 Å². The fraction of sp³-hybridized carbons (Fsp3) is 0.500. The maximum absolute atomic E-state index is 11.2. The number of hydrogen-bond donors (Lipinski definition) is 0. The minimum absolute atomic E-state index is 0.270. The van der Waals surface area contributed by atoms with Gasteiger partial charge >= 0.3 is 0 Å². The van der Waals surface area contributed by atoms with Crippen LogP contribution in [-0.2, 0) is 16.1 Å². The molecule has 0 aromatic heterocycles. The first-order valence-electron chi connectivity index (χ1n) is 6.02. The predicted molar refractivity (Wildman–Crippen MR) is 63.1 cm³/mol. The molecule has 0 heterocycles. The number of ether oxygens (including phenoxy) is 1. The Labute approximate surface area is 96.6 Å². The normalized spacial score (nSPS) is 21.8. The molecule has 0 amide bonds. The van der Waals surface area contributed by atoms with Gasteiger partial charge in [-0.05, 0) is 24.8 Å². The number of hydrogen-bond acceptors (Lipinski definition) is 2. The fourth-order valence-electron chi connectivity index (χ4n) is 2.07. The largest absolute Gasteiger partial charge is 0.374 e. The van der Waals surface area contributed by atoms with Crippen LogP contribution >= 0.6 is 0 Å². The van der Waals surface area contributed by atoms with E-state index in [1.807, 2.05) is 18.2 Å². The second kappa shape index (κ2) is 5.80. The Morgan fingerprint density at radius 3 is 2.75 bits per heavy atom. The molecule has 1 aliphatic rings. The van der Waals surface area contributed by atoms with E-state index in [0.29, 0.717) is 18.8 Å². The van der Waals surface area contributed by atoms with Gasteiger partial charge in [0.05, 0.1) is 12.7 Å². The van der Waals surface area contributed by atoms with Crippen LogP contribution in [-0.4, -0.2) is 11.9 Å². The van der Waals surface area contributed by atoms with Crippen LogP contribution in [0, 0.1) is 0 Å². The molecule has 2 nitrogen and oxygen atoms in total. The van der Waals surface area contributed by atoms with E-state index < -0.39 is 0 Å². The molecule has 0 spiro atoms. The first kappa shape index (κ1) is 11.3. The molecule has 1 saturated carbocycles. The minimum Gasteiger partial charge on any atom is -0.374 e. The van der Waals surface area contributed by atoms with Gasteiger partial charge in [0.2, 0.25) is 0 Å². The van der Waals surface area contributed by atoms with E-state index in [9.17, 15) is 4.79 Å². The molecule has 86 valence electrons. The van der Waals surface area contributed by atoms with Crippen molar-refractivity contribution in [3.05, 3.63) is 35.9 Å². The SMILES string of the molecule is O=C1CCCC(OCc2ccccc2)CC1. The molecule has 1 aliphatic carbocycles. The molecular formula is C14H18O2. The monoisotopic (exact) mass is 218 g/mol. The summed E-state index contributed by atoms with van der Waals surface area (Å²) >= 11 is 0. The topological polar surface area (TPSA) is 26.3 Å². The molecular weight excluding hydrogens is 200 g/mol. The van der Waals surface area contributed by atoms with Gasteiger partial charge in [-0.1, -0.05) is 30.3 Å². The van der Waals surface area contributed by atoms with E-state index in [4.69, 9.17) is 4.74 Å². The van der Waals surface area contributed by atoms with Crippen molar-refractivity contribution in [1.82, 2.24) is 0 Å². The summed E-state index contributed by atoms with van der Waals surface area (Å²) in [5, 5.41) is 0. The Morgan fingerprint density at radius 1 is 1.12 bits per heavy atom. The number of ketones is 1. The van der Waals surface area contributed by atoms with Crippen molar-refractivity contribution < 1.29 is 9.53 Å². The van der Waals surface area contributed by atoms with Gasteiger partial charge in [0.1, 0.15) is 5.78 Å². The average Bonchev–Trinajstić information content (AvgIpc) is 2.53. The maximum atomic E-state index is 11.2. The van der Waals surface area contributed by atoms with Crippen LogP contribution in [0.4, 0.5) is 0 Å². The van der Waals surface area contributed by atoms with Crippen LogP contribution < -0.4 is 0 Å². The predicted octanol–water partition coefficient (Wildman–Crippen LogP) is 3.11. The van der Waals surface area contributed by atoms with Crippen LogP contribution in [0.5, 0.6) is 0 Å². The standard InChI is InChI=1S/C14H18O2/c15-13-7-4-8-14(10-9-13)16-11-12-5-2-1-3-6-12/h1-3,5-6,14H,4,7-11H2. The van der Waals surface area contributed by atoms with Crippen molar-refractivity contribution in [2.45, 2.75) is 44.8 Å². The number of Topliss-reactive ketones (excluding diaryl/α,β-unsaturated/α-hetero) is 1. The molecule has 16 heavy (non-hydrogen) atoms. The molecule has 2 heteroatoms. The lowest BCUT2D eigenvalue weighted by Crippen LogP contribution is -2.11. The summed E-state index contributed by atoms with van der Waals surface area (Å²) in [7, 11) is 0. The van der Waals surface area contributed by atoms with Crippen LogP contribution in [0.15, 0.2) is 30.3 Å². The molecule has 1 atom stereocenters.